The number of hydrogen-bond donors (Lipinski definition) is 7. The summed E-state index contributed by atoms with van der Waals surface area (Å²) in [5, 5.41) is 43.2. The van der Waals surface area contributed by atoms with Crippen LogP contribution in [0.4, 0.5) is 31.4 Å². The van der Waals surface area contributed by atoms with E-state index in [-0.39, 0.29) is 17.0 Å². The predicted octanol–water partition coefficient (Wildman–Crippen LogP) is -1.04. The lowest BCUT2D eigenvalue weighted by Gasteiger charge is -2.20. The van der Waals surface area contributed by atoms with Crippen LogP contribution < -0.4 is 53.8 Å². The van der Waals surface area contributed by atoms with Gasteiger partial charge in [-0.15, -0.1) is 0 Å². The van der Waals surface area contributed by atoms with Crippen molar-refractivity contribution in [1.29, 1.82) is 15.8 Å². The maximum absolute atomic E-state index is 12.3. The summed E-state index contributed by atoms with van der Waals surface area (Å²) in [5.74, 6) is 0. The quantitative estimate of drug-likeness (QED) is 0.130. The third kappa shape index (κ3) is 12.5. The fraction of sp³-hybridized carbons (Fsp3) is 0.200. The van der Waals surface area contributed by atoms with Crippen molar-refractivity contribution < 1.29 is 36.3 Å². The van der Waals surface area contributed by atoms with Gasteiger partial charge in [0.05, 0.1) is 74.2 Å². The van der Waals surface area contributed by atoms with Crippen LogP contribution in [0.25, 0.3) is 0 Å². The monoisotopic (exact) mass is 658 g/mol. The largest absolute Gasteiger partial charge is 1.00 e. The predicted molar refractivity (Wildman–Crippen MR) is 160 cm³/mol. The Bertz CT molecular complexity index is 1330. The van der Waals surface area contributed by atoms with Crippen molar-refractivity contribution in [3.63, 3.8) is 0 Å². The van der Waals surface area contributed by atoms with Crippen molar-refractivity contribution in [2.75, 3.05) is 55.2 Å². The number of carbonyl (C=O) groups is 3. The lowest BCUT2D eigenvalue weighted by Crippen LogP contribution is -3.14. The van der Waals surface area contributed by atoms with E-state index in [2.05, 4.69) is 31.9 Å². The molecule has 3 aromatic carbocycles. The van der Waals surface area contributed by atoms with E-state index < -0.39 is 18.1 Å². The number of nitrogens with zero attached hydrogens (tertiary/aromatic N) is 3. The highest BCUT2D eigenvalue weighted by atomic mass is 79.9. The molecule has 0 saturated carbocycles. The molecule has 44 heavy (non-hydrogen) atoms. The number of rotatable bonds is 12. The van der Waals surface area contributed by atoms with Crippen molar-refractivity contribution in [3.05, 3.63) is 89.5 Å². The first-order chi connectivity index (χ1) is 20.9. The summed E-state index contributed by atoms with van der Waals surface area (Å²) >= 11 is 0. The van der Waals surface area contributed by atoms with E-state index >= 15 is 0 Å². The van der Waals surface area contributed by atoms with Gasteiger partial charge in [-0.1, -0.05) is 0 Å². The Morgan fingerprint density at radius 3 is 0.977 bits per heavy atom. The van der Waals surface area contributed by atoms with Gasteiger partial charge in [-0.2, -0.15) is 15.8 Å². The van der Waals surface area contributed by atoms with Gasteiger partial charge in [-0.05, 0) is 72.8 Å². The molecular formula is C30H31BrN10O3. The molecule has 13 nitrogen and oxygen atoms in total. The molecule has 3 rings (SSSR count). The molecule has 0 unspecified atom stereocenters. The van der Waals surface area contributed by atoms with Crippen LogP contribution in [-0.4, -0.2) is 57.4 Å². The molecule has 6 amide bonds. The van der Waals surface area contributed by atoms with Crippen molar-refractivity contribution >= 4 is 35.2 Å². The first-order valence-electron chi connectivity index (χ1n) is 13.4. The molecule has 0 radical (unpaired) electrons. The number of hydrogen-bond acceptors (Lipinski definition) is 6. The Balaban J connectivity index is 0.00000675. The molecule has 14 heteroatoms. The van der Waals surface area contributed by atoms with Crippen molar-refractivity contribution in [3.8, 4) is 18.2 Å². The molecule has 0 aliphatic heterocycles. The molecule has 0 spiro atoms. The molecule has 7 N–H and O–H groups in total. The minimum Gasteiger partial charge on any atom is -1.00 e. The average Bonchev–Trinajstić information content (AvgIpc) is 3.02. The zero-order valence-corrected chi connectivity index (χ0v) is 25.2. The van der Waals surface area contributed by atoms with Gasteiger partial charge in [0.2, 0.25) is 0 Å². The maximum atomic E-state index is 12.3. The molecule has 0 heterocycles. The molecule has 0 saturated heterocycles. The number of anilines is 3. The summed E-state index contributed by atoms with van der Waals surface area (Å²) in [5.41, 5.74) is 3.12. The Morgan fingerprint density at radius 1 is 0.500 bits per heavy atom. The van der Waals surface area contributed by atoms with Crippen LogP contribution in [0.5, 0.6) is 0 Å². The van der Waals surface area contributed by atoms with Gasteiger partial charge in [0.25, 0.3) is 0 Å². The molecule has 226 valence electrons. The Kier molecular flexibility index (Phi) is 14.7. The van der Waals surface area contributed by atoms with Crippen molar-refractivity contribution in [1.82, 2.24) is 16.0 Å². The van der Waals surface area contributed by atoms with Crippen LogP contribution in [-0.2, 0) is 0 Å². The summed E-state index contributed by atoms with van der Waals surface area (Å²) in [7, 11) is 0. The Hall–Kier alpha value is -5.62. The molecule has 0 aliphatic carbocycles. The van der Waals surface area contributed by atoms with Gasteiger partial charge < -0.3 is 53.8 Å². The van der Waals surface area contributed by atoms with E-state index in [1.54, 1.807) is 72.8 Å². The normalized spacial score (nSPS) is 9.68. The number of amides is 6. The van der Waals surface area contributed by atoms with E-state index in [1.807, 2.05) is 18.2 Å². The fourth-order valence-corrected chi connectivity index (χ4v) is 3.84. The first kappa shape index (κ1) is 34.6. The number of benzene rings is 3. The summed E-state index contributed by atoms with van der Waals surface area (Å²) in [6.45, 7) is 2.51. The minimum atomic E-state index is -0.399. The van der Waals surface area contributed by atoms with Crippen molar-refractivity contribution in [2.45, 2.75) is 0 Å². The third-order valence-electron chi connectivity index (χ3n) is 6.11. The minimum absolute atomic E-state index is 0. The van der Waals surface area contributed by atoms with E-state index in [0.29, 0.717) is 73.0 Å². The van der Waals surface area contributed by atoms with E-state index in [4.69, 9.17) is 15.8 Å². The zero-order valence-electron chi connectivity index (χ0n) is 23.6. The number of nitriles is 3. The molecule has 0 aromatic heterocycles. The number of halogens is 1. The summed E-state index contributed by atoms with van der Waals surface area (Å²) in [6, 6.07) is 24.3. The van der Waals surface area contributed by atoms with Crippen molar-refractivity contribution in [2.24, 2.45) is 0 Å². The second kappa shape index (κ2) is 18.7. The standard InChI is InChI=1S/C30H30N10O3.BrH/c31-19-22-1-7-25(8-2-22)37-28(41)34-13-16-40(17-14-35-29(42)38-26-9-3-23(20-32)4-10-26)18-15-36-30(43)39-27-11-5-24(21-33)6-12-27;/h1-12H,13-18H2,(H2,34,37,41)(H2,35,38,42)(H2,36,39,43);1H. The zero-order chi connectivity index (χ0) is 30.9. The highest BCUT2D eigenvalue weighted by Crippen LogP contribution is 2.10. The van der Waals surface area contributed by atoms with Gasteiger partial charge in [-0.3, -0.25) is 0 Å². The first-order valence-corrected chi connectivity index (χ1v) is 13.4. The molecule has 0 fully saturated rings. The number of nitrogens with one attached hydrogen (secondary N) is 7. The van der Waals surface area contributed by atoms with Gasteiger partial charge in [0.1, 0.15) is 0 Å². The van der Waals surface area contributed by atoms with Gasteiger partial charge in [0, 0.05) is 17.1 Å². The highest BCUT2D eigenvalue weighted by Gasteiger charge is 2.12. The Labute approximate surface area is 265 Å². The van der Waals surface area contributed by atoms with Crippen LogP contribution in [0, 0.1) is 34.0 Å². The fourth-order valence-electron chi connectivity index (χ4n) is 3.84. The van der Waals surface area contributed by atoms with Gasteiger partial charge in [0.15, 0.2) is 0 Å². The van der Waals surface area contributed by atoms with Crippen LogP contribution in [0.15, 0.2) is 72.8 Å². The topological polar surface area (TPSA) is 199 Å². The van der Waals surface area contributed by atoms with E-state index in [0.717, 1.165) is 4.90 Å². The lowest BCUT2D eigenvalue weighted by molar-refractivity contribution is -0.896. The molecular weight excluding hydrogens is 628 g/mol. The molecule has 0 atom stereocenters. The van der Waals surface area contributed by atoms with Crippen LogP contribution >= 0.6 is 0 Å². The highest BCUT2D eigenvalue weighted by molar-refractivity contribution is 5.90. The second-order valence-corrected chi connectivity index (χ2v) is 9.21. The van der Waals surface area contributed by atoms with Crippen LogP contribution in [0.1, 0.15) is 16.7 Å². The van der Waals surface area contributed by atoms with Crippen LogP contribution in [0.2, 0.25) is 0 Å². The number of quaternary nitrogens is 1. The second-order valence-electron chi connectivity index (χ2n) is 9.21. The molecule has 3 aromatic rings. The van der Waals surface area contributed by atoms with E-state index in [9.17, 15) is 14.4 Å². The maximum Gasteiger partial charge on any atom is 0.319 e. The third-order valence-corrected chi connectivity index (χ3v) is 6.11. The smallest absolute Gasteiger partial charge is 0.319 e. The number of carbonyl (C=O) groups excluding carboxylic acids is 3. The molecule has 0 bridgehead atoms. The van der Waals surface area contributed by atoms with E-state index in [1.165, 1.54) is 0 Å². The summed E-state index contributed by atoms with van der Waals surface area (Å²) < 4.78 is 0. The van der Waals surface area contributed by atoms with Crippen LogP contribution in [0.3, 0.4) is 0 Å². The summed E-state index contributed by atoms with van der Waals surface area (Å²) in [6.07, 6.45) is 0. The summed E-state index contributed by atoms with van der Waals surface area (Å²) in [4.78, 5) is 38.0. The van der Waals surface area contributed by atoms with Gasteiger partial charge in [-0.25, -0.2) is 14.4 Å². The average molecular weight is 660 g/mol. The van der Waals surface area contributed by atoms with Gasteiger partial charge >= 0.3 is 18.1 Å². The lowest BCUT2D eigenvalue weighted by atomic mass is 10.2. The Morgan fingerprint density at radius 2 is 0.750 bits per heavy atom. The number of urea groups is 3. The SMILES string of the molecule is N#Cc1ccc(NC(=O)NCC[NH+](CCNC(=O)Nc2ccc(C#N)cc2)CCNC(=O)Nc2ccc(C#N)cc2)cc1.[Br-]. The molecule has 0 aliphatic rings.